The summed E-state index contributed by atoms with van der Waals surface area (Å²) >= 11 is 0. The molecule has 1 heterocycles. The lowest BCUT2D eigenvalue weighted by Gasteiger charge is -2.02. The van der Waals surface area contributed by atoms with E-state index in [1.807, 2.05) is 24.3 Å². The quantitative estimate of drug-likeness (QED) is 0.893. The third kappa shape index (κ3) is 2.09. The maximum absolute atomic E-state index is 6.03. The maximum Gasteiger partial charge on any atom is 0.257 e. The molecule has 1 aromatic heterocycles. The van der Waals surface area contributed by atoms with Crippen molar-refractivity contribution < 1.29 is 9.26 Å². The molecule has 1 aromatic carbocycles. The van der Waals surface area contributed by atoms with Crippen LogP contribution in [0.2, 0.25) is 0 Å². The van der Waals surface area contributed by atoms with E-state index in [1.54, 1.807) is 7.11 Å². The second-order valence-electron chi connectivity index (χ2n) is 4.55. The van der Waals surface area contributed by atoms with Gasteiger partial charge in [-0.3, -0.25) is 0 Å². The lowest BCUT2D eigenvalue weighted by atomic mass is 10.2. The molecule has 1 atom stereocenters. The molecule has 1 aliphatic rings. The van der Waals surface area contributed by atoms with Gasteiger partial charge in [0.1, 0.15) is 5.75 Å². The topological polar surface area (TPSA) is 74.2 Å². The molecule has 0 aliphatic heterocycles. The molecule has 1 fully saturated rings. The van der Waals surface area contributed by atoms with Gasteiger partial charge in [-0.25, -0.2) is 0 Å². The highest BCUT2D eigenvalue weighted by molar-refractivity contribution is 5.54. The molecule has 0 amide bonds. The van der Waals surface area contributed by atoms with Crippen LogP contribution in [0.4, 0.5) is 0 Å². The van der Waals surface area contributed by atoms with Crippen molar-refractivity contribution in [1.29, 1.82) is 0 Å². The second-order valence-corrected chi connectivity index (χ2v) is 4.55. The van der Waals surface area contributed by atoms with E-state index < -0.39 is 0 Å². The first-order chi connectivity index (χ1) is 8.78. The average molecular weight is 245 g/mol. The predicted octanol–water partition coefficient (Wildman–Crippen LogP) is 2.16. The van der Waals surface area contributed by atoms with Crippen molar-refractivity contribution in [2.75, 3.05) is 7.11 Å². The van der Waals surface area contributed by atoms with Crippen molar-refractivity contribution in [2.45, 2.75) is 18.9 Å². The number of rotatable bonds is 4. The van der Waals surface area contributed by atoms with Crippen molar-refractivity contribution in [1.82, 2.24) is 10.1 Å². The third-order valence-corrected chi connectivity index (χ3v) is 3.21. The van der Waals surface area contributed by atoms with Gasteiger partial charge in [-0.2, -0.15) is 4.98 Å². The highest BCUT2D eigenvalue weighted by Gasteiger charge is 2.32. The van der Waals surface area contributed by atoms with Gasteiger partial charge >= 0.3 is 0 Å². The number of benzene rings is 1. The summed E-state index contributed by atoms with van der Waals surface area (Å²) in [5, 5.41) is 3.95. The summed E-state index contributed by atoms with van der Waals surface area (Å²) in [6.07, 6.45) is 2.32. The fourth-order valence-electron chi connectivity index (χ4n) is 1.89. The minimum absolute atomic E-state index is 0.0965. The summed E-state index contributed by atoms with van der Waals surface area (Å²) in [6.45, 7) is 0. The third-order valence-electron chi connectivity index (χ3n) is 3.21. The van der Waals surface area contributed by atoms with Crippen LogP contribution in [-0.4, -0.2) is 17.3 Å². The number of hydrogen-bond acceptors (Lipinski definition) is 5. The first-order valence-electron chi connectivity index (χ1n) is 6.01. The van der Waals surface area contributed by atoms with Crippen LogP contribution in [0.3, 0.4) is 0 Å². The van der Waals surface area contributed by atoms with E-state index in [0.29, 0.717) is 17.6 Å². The van der Waals surface area contributed by atoms with Crippen LogP contribution < -0.4 is 10.5 Å². The molecule has 3 rings (SSSR count). The molecule has 0 bridgehead atoms. The molecule has 2 aromatic rings. The second kappa shape index (κ2) is 4.42. The summed E-state index contributed by atoms with van der Waals surface area (Å²) in [7, 11) is 1.63. The smallest absolute Gasteiger partial charge is 0.257 e. The van der Waals surface area contributed by atoms with E-state index in [-0.39, 0.29) is 6.04 Å². The monoisotopic (exact) mass is 245 g/mol. The number of ether oxygens (including phenoxy) is 1. The zero-order valence-electron chi connectivity index (χ0n) is 10.2. The predicted molar refractivity (Wildman–Crippen MR) is 65.9 cm³/mol. The highest BCUT2D eigenvalue weighted by Crippen LogP contribution is 2.38. The first kappa shape index (κ1) is 11.2. The Bertz CT molecular complexity index is 531. The normalized spacial score (nSPS) is 16.6. The largest absolute Gasteiger partial charge is 0.497 e. The Morgan fingerprint density at radius 1 is 1.33 bits per heavy atom. The molecule has 1 unspecified atom stereocenters. The van der Waals surface area contributed by atoms with Crippen LogP contribution in [0, 0.1) is 5.92 Å². The summed E-state index contributed by atoms with van der Waals surface area (Å²) in [5.41, 5.74) is 6.91. The summed E-state index contributed by atoms with van der Waals surface area (Å²) in [5.74, 6) is 2.42. The molecular formula is C13H15N3O2. The Morgan fingerprint density at radius 3 is 2.67 bits per heavy atom. The minimum Gasteiger partial charge on any atom is -0.497 e. The highest BCUT2D eigenvalue weighted by atomic mass is 16.5. The van der Waals surface area contributed by atoms with Gasteiger partial charge in [0.25, 0.3) is 5.89 Å². The molecule has 5 nitrogen and oxygen atoms in total. The van der Waals surface area contributed by atoms with E-state index in [1.165, 1.54) is 0 Å². The van der Waals surface area contributed by atoms with Gasteiger partial charge in [0.05, 0.1) is 13.2 Å². The first-order valence-corrected chi connectivity index (χ1v) is 6.01. The number of hydrogen-bond donors (Lipinski definition) is 1. The molecule has 5 heteroatoms. The molecule has 2 N–H and O–H groups in total. The molecule has 1 aliphatic carbocycles. The molecule has 18 heavy (non-hydrogen) atoms. The van der Waals surface area contributed by atoms with Gasteiger partial charge in [0.15, 0.2) is 5.82 Å². The lowest BCUT2D eigenvalue weighted by Crippen LogP contribution is -2.13. The van der Waals surface area contributed by atoms with Crippen LogP contribution in [0.5, 0.6) is 5.75 Å². The zero-order chi connectivity index (χ0) is 12.5. The summed E-state index contributed by atoms with van der Waals surface area (Å²) in [6, 6.07) is 7.40. The Morgan fingerprint density at radius 2 is 2.06 bits per heavy atom. The van der Waals surface area contributed by atoms with Gasteiger partial charge in [-0.1, -0.05) is 5.16 Å². The molecular weight excluding hydrogens is 230 g/mol. The van der Waals surface area contributed by atoms with Gasteiger partial charge < -0.3 is 15.0 Å². The summed E-state index contributed by atoms with van der Waals surface area (Å²) < 4.78 is 10.3. The van der Waals surface area contributed by atoms with Crippen LogP contribution in [0.15, 0.2) is 28.8 Å². The van der Waals surface area contributed by atoms with Crippen LogP contribution >= 0.6 is 0 Å². The Labute approximate surface area is 105 Å². The number of nitrogens with zero attached hydrogens (tertiary/aromatic N) is 2. The maximum atomic E-state index is 6.03. The van der Waals surface area contributed by atoms with Gasteiger partial charge in [0, 0.05) is 5.56 Å². The molecule has 94 valence electrons. The standard InChI is InChI=1S/C13H15N3O2/c1-17-10-6-4-9(5-7-10)13-15-12(16-18-13)11(14)8-2-3-8/h4-8,11H,2-3,14H2,1H3. The van der Waals surface area contributed by atoms with Crippen molar-refractivity contribution in [3.05, 3.63) is 30.1 Å². The average Bonchev–Trinajstić information content (AvgIpc) is 3.15. The van der Waals surface area contributed by atoms with Crippen LogP contribution in [0.1, 0.15) is 24.7 Å². The number of aromatic nitrogens is 2. The van der Waals surface area contributed by atoms with Gasteiger partial charge in [0.2, 0.25) is 0 Å². The molecule has 0 spiro atoms. The number of methoxy groups -OCH3 is 1. The Kier molecular flexibility index (Phi) is 2.76. The zero-order valence-corrected chi connectivity index (χ0v) is 10.2. The van der Waals surface area contributed by atoms with E-state index in [2.05, 4.69) is 10.1 Å². The molecule has 0 radical (unpaired) electrons. The fraction of sp³-hybridized carbons (Fsp3) is 0.385. The van der Waals surface area contributed by atoms with Gasteiger partial charge in [-0.05, 0) is 43.0 Å². The lowest BCUT2D eigenvalue weighted by molar-refractivity contribution is 0.410. The molecule has 0 saturated heterocycles. The number of nitrogens with two attached hydrogens (primary N) is 1. The van der Waals surface area contributed by atoms with Crippen LogP contribution in [-0.2, 0) is 0 Å². The van der Waals surface area contributed by atoms with Crippen LogP contribution in [0.25, 0.3) is 11.5 Å². The summed E-state index contributed by atoms with van der Waals surface area (Å²) in [4.78, 5) is 4.35. The van der Waals surface area contributed by atoms with E-state index >= 15 is 0 Å². The van der Waals surface area contributed by atoms with E-state index in [0.717, 1.165) is 24.2 Å². The Balaban J connectivity index is 1.82. The van der Waals surface area contributed by atoms with Gasteiger partial charge in [-0.15, -0.1) is 0 Å². The Hall–Kier alpha value is -1.88. The van der Waals surface area contributed by atoms with Crippen molar-refractivity contribution in [3.63, 3.8) is 0 Å². The van der Waals surface area contributed by atoms with Crippen molar-refractivity contribution in [2.24, 2.45) is 11.7 Å². The van der Waals surface area contributed by atoms with Crippen molar-refractivity contribution in [3.8, 4) is 17.2 Å². The van der Waals surface area contributed by atoms with Crippen molar-refractivity contribution >= 4 is 0 Å². The van der Waals surface area contributed by atoms with E-state index in [9.17, 15) is 0 Å². The fourth-order valence-corrected chi connectivity index (χ4v) is 1.89. The van der Waals surface area contributed by atoms with E-state index in [4.69, 9.17) is 15.0 Å². The SMILES string of the molecule is COc1ccc(-c2nc(C(N)C3CC3)no2)cc1. The molecule has 1 saturated carbocycles. The minimum atomic E-state index is -0.0965.